The highest BCUT2D eigenvalue weighted by molar-refractivity contribution is 9.10. The lowest BCUT2D eigenvalue weighted by atomic mass is 9.98. The van der Waals surface area contributed by atoms with Gasteiger partial charge in [0.2, 0.25) is 0 Å². The third kappa shape index (κ3) is 4.00. The Bertz CT molecular complexity index is 581. The van der Waals surface area contributed by atoms with E-state index in [-0.39, 0.29) is 0 Å². The Hall–Kier alpha value is -0.0400. The molecule has 1 aromatic carbocycles. The van der Waals surface area contributed by atoms with Gasteiger partial charge in [-0.1, -0.05) is 6.42 Å². The molecule has 3 nitrogen and oxygen atoms in total. The van der Waals surface area contributed by atoms with Gasteiger partial charge >= 0.3 is 0 Å². The van der Waals surface area contributed by atoms with Crippen LogP contribution in [0, 0.1) is 0 Å². The molecule has 1 saturated heterocycles. The van der Waals surface area contributed by atoms with Crippen molar-refractivity contribution in [2.24, 2.45) is 0 Å². The largest absolute Gasteiger partial charge is 0.314 e. The second-order valence-corrected chi connectivity index (χ2v) is 8.89. The van der Waals surface area contributed by atoms with E-state index in [9.17, 15) is 8.42 Å². The molecule has 6 heteroatoms. The lowest BCUT2D eigenvalue weighted by Gasteiger charge is -2.24. The number of hydrogen-bond acceptors (Lipinski definition) is 4. The van der Waals surface area contributed by atoms with Gasteiger partial charge in [-0.2, -0.15) is 0 Å². The highest BCUT2D eigenvalue weighted by atomic mass is 79.9. The number of sulfone groups is 1. The average Bonchev–Trinajstić information content (AvgIpc) is 2.38. The topological polar surface area (TPSA) is 46.2 Å². The fourth-order valence-corrected chi connectivity index (χ4v) is 5.75. The summed E-state index contributed by atoms with van der Waals surface area (Å²) in [4.78, 5) is 1.23. The molecule has 1 unspecified atom stereocenters. The lowest BCUT2D eigenvalue weighted by molar-refractivity contribution is 0.399. The Labute approximate surface area is 134 Å². The van der Waals surface area contributed by atoms with Gasteiger partial charge in [-0.3, -0.25) is 0 Å². The molecule has 0 aliphatic carbocycles. The Morgan fingerprint density at radius 3 is 2.70 bits per heavy atom. The van der Waals surface area contributed by atoms with Gasteiger partial charge in [0.25, 0.3) is 0 Å². The van der Waals surface area contributed by atoms with Gasteiger partial charge in [-0.25, -0.2) is 8.42 Å². The summed E-state index contributed by atoms with van der Waals surface area (Å²) in [6, 6.07) is 4.35. The molecule has 112 valence electrons. The van der Waals surface area contributed by atoms with Crippen LogP contribution in [0.25, 0.3) is 0 Å². The number of nitrogens with one attached hydrogen (secondary N) is 1. The number of rotatable bonds is 4. The van der Waals surface area contributed by atoms with E-state index in [0.717, 1.165) is 34.3 Å². The summed E-state index contributed by atoms with van der Waals surface area (Å²) >= 11 is 4.97. The standard InChI is InChI=1S/C14H20BrNO2S2/c1-19-14-12(15)8-10(9-13(14)20(2,17)18)7-11-5-3-4-6-16-11/h8-9,11,16H,3-7H2,1-2H3. The van der Waals surface area contributed by atoms with Crippen LogP contribution in [0.1, 0.15) is 24.8 Å². The van der Waals surface area contributed by atoms with Crippen molar-refractivity contribution < 1.29 is 8.42 Å². The van der Waals surface area contributed by atoms with Gasteiger partial charge in [-0.15, -0.1) is 11.8 Å². The summed E-state index contributed by atoms with van der Waals surface area (Å²) < 4.78 is 24.8. The molecule has 0 saturated carbocycles. The maximum Gasteiger partial charge on any atom is 0.176 e. The highest BCUT2D eigenvalue weighted by Gasteiger charge is 2.19. The zero-order chi connectivity index (χ0) is 14.8. The van der Waals surface area contributed by atoms with Crippen LogP contribution in [0.2, 0.25) is 0 Å². The van der Waals surface area contributed by atoms with Gasteiger partial charge in [0.15, 0.2) is 9.84 Å². The predicted molar refractivity (Wildman–Crippen MR) is 88.4 cm³/mol. The molecule has 20 heavy (non-hydrogen) atoms. The third-order valence-corrected chi connectivity index (χ3v) is 6.55. The number of piperidine rings is 1. The van der Waals surface area contributed by atoms with E-state index in [0.29, 0.717) is 10.9 Å². The molecule has 0 aromatic heterocycles. The Balaban J connectivity index is 2.33. The quantitative estimate of drug-likeness (QED) is 0.817. The SMILES string of the molecule is CSc1c(Br)cc(CC2CCCCN2)cc1S(C)(=O)=O. The number of halogens is 1. The molecule has 0 bridgehead atoms. The summed E-state index contributed by atoms with van der Waals surface area (Å²) in [5, 5.41) is 3.50. The molecule has 2 rings (SSSR count). The van der Waals surface area contributed by atoms with Crippen molar-refractivity contribution in [2.45, 2.75) is 41.5 Å². The summed E-state index contributed by atoms with van der Waals surface area (Å²) in [6.07, 6.45) is 7.71. The molecule has 1 aliphatic heterocycles. The fourth-order valence-electron chi connectivity index (χ4n) is 2.60. The average molecular weight is 378 g/mol. The van der Waals surface area contributed by atoms with Gasteiger partial charge in [-0.05, 0) is 65.7 Å². The van der Waals surface area contributed by atoms with Crippen LogP contribution >= 0.6 is 27.7 Å². The fraction of sp³-hybridized carbons (Fsp3) is 0.571. The number of benzene rings is 1. The first-order valence-electron chi connectivity index (χ1n) is 6.71. The van der Waals surface area contributed by atoms with E-state index >= 15 is 0 Å². The normalized spacial score (nSPS) is 20.1. The van der Waals surface area contributed by atoms with E-state index in [1.807, 2.05) is 12.3 Å². The maximum absolute atomic E-state index is 12.0. The Kier molecular flexibility index (Phi) is 5.56. The molecule has 1 fully saturated rings. The van der Waals surface area contributed by atoms with E-state index in [1.54, 1.807) is 0 Å². The van der Waals surface area contributed by atoms with Crippen molar-refractivity contribution in [1.82, 2.24) is 5.32 Å². The smallest absolute Gasteiger partial charge is 0.176 e. The van der Waals surface area contributed by atoms with E-state index in [2.05, 4.69) is 27.3 Å². The molecule has 0 radical (unpaired) electrons. The summed E-state index contributed by atoms with van der Waals surface area (Å²) in [7, 11) is -3.20. The van der Waals surface area contributed by atoms with Crippen LogP contribution < -0.4 is 5.32 Å². The van der Waals surface area contributed by atoms with Gasteiger partial charge in [0, 0.05) is 21.7 Å². The molecule has 1 N–H and O–H groups in total. The first kappa shape index (κ1) is 16.3. The second kappa shape index (κ2) is 6.81. The van der Waals surface area contributed by atoms with Crippen molar-refractivity contribution in [3.8, 4) is 0 Å². The van der Waals surface area contributed by atoms with Crippen LogP contribution in [0.5, 0.6) is 0 Å². The van der Waals surface area contributed by atoms with Crippen molar-refractivity contribution in [1.29, 1.82) is 0 Å². The molecule has 0 spiro atoms. The van der Waals surface area contributed by atoms with Crippen LogP contribution in [-0.4, -0.2) is 33.5 Å². The van der Waals surface area contributed by atoms with E-state index in [4.69, 9.17) is 0 Å². The molecule has 1 aromatic rings. The van der Waals surface area contributed by atoms with Crippen molar-refractivity contribution in [3.05, 3.63) is 22.2 Å². The van der Waals surface area contributed by atoms with E-state index < -0.39 is 9.84 Å². The summed E-state index contributed by atoms with van der Waals surface area (Å²) in [6.45, 7) is 1.06. The highest BCUT2D eigenvalue weighted by Crippen LogP contribution is 2.34. The minimum absolute atomic E-state index is 0.435. The minimum Gasteiger partial charge on any atom is -0.314 e. The van der Waals surface area contributed by atoms with Crippen LogP contribution in [-0.2, 0) is 16.3 Å². The molecular weight excluding hydrogens is 358 g/mol. The number of hydrogen-bond donors (Lipinski definition) is 1. The lowest BCUT2D eigenvalue weighted by Crippen LogP contribution is -2.35. The third-order valence-electron chi connectivity index (χ3n) is 3.57. The first-order valence-corrected chi connectivity index (χ1v) is 10.6. The monoisotopic (exact) mass is 377 g/mol. The van der Waals surface area contributed by atoms with Gasteiger partial charge < -0.3 is 5.32 Å². The van der Waals surface area contributed by atoms with E-state index in [1.165, 1.54) is 30.9 Å². The zero-order valence-corrected chi connectivity index (χ0v) is 15.0. The minimum atomic E-state index is -3.20. The maximum atomic E-state index is 12.0. The van der Waals surface area contributed by atoms with Crippen LogP contribution in [0.15, 0.2) is 26.4 Å². The second-order valence-electron chi connectivity index (χ2n) is 5.23. The van der Waals surface area contributed by atoms with Crippen molar-refractivity contribution in [2.75, 3.05) is 19.1 Å². The first-order chi connectivity index (χ1) is 9.41. The molecular formula is C14H20BrNO2S2. The summed E-state index contributed by atoms with van der Waals surface area (Å²) in [5.74, 6) is 0. The van der Waals surface area contributed by atoms with Crippen LogP contribution in [0.4, 0.5) is 0 Å². The summed E-state index contributed by atoms with van der Waals surface area (Å²) in [5.41, 5.74) is 1.08. The van der Waals surface area contributed by atoms with Gasteiger partial charge in [0.1, 0.15) is 0 Å². The zero-order valence-electron chi connectivity index (χ0n) is 11.8. The number of thioether (sulfide) groups is 1. The van der Waals surface area contributed by atoms with Crippen molar-refractivity contribution in [3.63, 3.8) is 0 Å². The molecule has 1 aliphatic rings. The molecule has 1 heterocycles. The predicted octanol–water partition coefficient (Wildman–Crippen LogP) is 3.26. The molecule has 1 atom stereocenters. The Morgan fingerprint density at radius 2 is 2.15 bits per heavy atom. The molecule has 0 amide bonds. The van der Waals surface area contributed by atoms with Crippen molar-refractivity contribution >= 4 is 37.5 Å². The Morgan fingerprint density at radius 1 is 1.40 bits per heavy atom. The van der Waals surface area contributed by atoms with Crippen LogP contribution in [0.3, 0.4) is 0 Å². The van der Waals surface area contributed by atoms with Gasteiger partial charge in [0.05, 0.1) is 4.90 Å².